The lowest BCUT2D eigenvalue weighted by Gasteiger charge is -2.27. The maximum Gasteiger partial charge on any atom is 0.306 e. The predicted octanol–water partition coefficient (Wildman–Crippen LogP) is 1.50. The summed E-state index contributed by atoms with van der Waals surface area (Å²) in [6, 6.07) is 3.95. The van der Waals surface area contributed by atoms with Crippen LogP contribution < -0.4 is 10.4 Å². The lowest BCUT2D eigenvalue weighted by molar-refractivity contribution is -0.148. The average Bonchev–Trinajstić information content (AvgIpc) is 3.11. The van der Waals surface area contributed by atoms with Crippen molar-refractivity contribution >= 4 is 35.2 Å². The first kappa shape index (κ1) is 23.9. The summed E-state index contributed by atoms with van der Waals surface area (Å²) in [5.74, 6) is -2.44. The summed E-state index contributed by atoms with van der Waals surface area (Å²) in [6.07, 6.45) is 2.91. The second-order valence-electron chi connectivity index (χ2n) is 9.18. The summed E-state index contributed by atoms with van der Waals surface area (Å²) in [5, 5.41) is 10.5. The van der Waals surface area contributed by atoms with E-state index >= 15 is 0 Å². The minimum absolute atomic E-state index is 0.117. The lowest BCUT2D eigenvalue weighted by atomic mass is 9.76. The van der Waals surface area contributed by atoms with Crippen LogP contribution in [-0.2, 0) is 23.9 Å². The highest BCUT2D eigenvalue weighted by atomic mass is 16.5. The number of ketones is 2. The van der Waals surface area contributed by atoms with Crippen molar-refractivity contribution in [1.29, 1.82) is 0 Å². The largest absolute Gasteiger partial charge is 0.488 e. The van der Waals surface area contributed by atoms with E-state index in [1.54, 1.807) is 0 Å². The van der Waals surface area contributed by atoms with Crippen LogP contribution >= 0.6 is 0 Å². The molecule has 4 rings (SSSR count). The number of carbonyl (C=O) groups excluding carboxylic acids is 3. The third-order valence-corrected chi connectivity index (χ3v) is 6.82. The second kappa shape index (κ2) is 9.54. The van der Waals surface area contributed by atoms with E-state index in [2.05, 4.69) is 6.92 Å². The second-order valence-corrected chi connectivity index (χ2v) is 9.18. The molecule has 2 atom stereocenters. The van der Waals surface area contributed by atoms with E-state index < -0.39 is 35.5 Å². The summed E-state index contributed by atoms with van der Waals surface area (Å²) < 4.78 is 11.4. The summed E-state index contributed by atoms with van der Waals surface area (Å²) in [5.41, 5.74) is 3.22. The van der Waals surface area contributed by atoms with Gasteiger partial charge in [-0.25, -0.2) is 0 Å². The molecular weight excluding hydrogens is 438 g/mol. The number of hydrogen-bond donors (Lipinski definition) is 1. The van der Waals surface area contributed by atoms with Gasteiger partial charge in [0.25, 0.3) is 0 Å². The Balaban J connectivity index is 1.48. The summed E-state index contributed by atoms with van der Waals surface area (Å²) >= 11 is 0. The van der Waals surface area contributed by atoms with Crippen LogP contribution in [0, 0.1) is 5.92 Å². The van der Waals surface area contributed by atoms with Gasteiger partial charge >= 0.3 is 11.9 Å². The zero-order valence-corrected chi connectivity index (χ0v) is 19.7. The molecule has 2 aliphatic carbocycles. The number of hydrogen-bond acceptors (Lipinski definition) is 7. The Morgan fingerprint density at radius 1 is 1.21 bits per heavy atom. The molecule has 1 N–H and O–H groups in total. The Labute approximate surface area is 197 Å². The number of carbonyl (C=O) groups is 4. The van der Waals surface area contributed by atoms with Gasteiger partial charge in [-0.3, -0.25) is 24.1 Å². The first-order valence-electron chi connectivity index (χ1n) is 11.5. The topological polar surface area (TPSA) is 110 Å². The summed E-state index contributed by atoms with van der Waals surface area (Å²) in [6.45, 7) is 4.82. The van der Waals surface area contributed by atoms with Crippen LogP contribution in [-0.4, -0.2) is 60.3 Å². The zero-order chi connectivity index (χ0) is 24.6. The highest BCUT2D eigenvalue weighted by Gasteiger charge is 2.48. The fraction of sp³-hybridized carbons (Fsp3) is 0.462. The fourth-order valence-electron chi connectivity index (χ4n) is 4.92. The average molecular weight is 468 g/mol. The van der Waals surface area contributed by atoms with Gasteiger partial charge in [-0.15, -0.1) is 0 Å². The first-order valence-corrected chi connectivity index (χ1v) is 11.5. The number of Topliss-reactive ketones (excluding diaryl/α,β-unsaturated/α-hetero) is 2. The first-order chi connectivity index (χ1) is 16.2. The van der Waals surface area contributed by atoms with Gasteiger partial charge in [-0.05, 0) is 49.7 Å². The summed E-state index contributed by atoms with van der Waals surface area (Å²) in [4.78, 5) is 50.3. The number of rotatable bonds is 8. The van der Waals surface area contributed by atoms with Crippen LogP contribution in [0.3, 0.4) is 0 Å². The maximum absolute atomic E-state index is 13.2. The Bertz CT molecular complexity index is 1230. The monoisotopic (exact) mass is 467 g/mol. The molecule has 1 aromatic rings. The van der Waals surface area contributed by atoms with Crippen molar-refractivity contribution in [3.05, 3.63) is 45.0 Å². The van der Waals surface area contributed by atoms with E-state index in [0.717, 1.165) is 34.4 Å². The Morgan fingerprint density at radius 3 is 2.71 bits per heavy atom. The third-order valence-electron chi connectivity index (χ3n) is 6.82. The fourth-order valence-corrected chi connectivity index (χ4v) is 4.92. The molecule has 3 aliphatic rings. The molecular formula is C26H29NO7. The molecule has 1 unspecified atom stereocenters. The SMILES string of the molecule is CC1=C(CN(C)CCOC(=O)CCC(=O)O)O[C@@H]2c3ccc4c(c3C(=O)C(=O)C12)=CCCC=4C. The van der Waals surface area contributed by atoms with E-state index in [0.29, 0.717) is 24.4 Å². The molecule has 34 heavy (non-hydrogen) atoms. The van der Waals surface area contributed by atoms with E-state index in [9.17, 15) is 19.2 Å². The minimum atomic E-state index is -1.04. The third kappa shape index (κ3) is 4.42. The Kier molecular flexibility index (Phi) is 6.70. The molecule has 0 aromatic heterocycles. The van der Waals surface area contributed by atoms with Gasteiger partial charge < -0.3 is 14.6 Å². The Morgan fingerprint density at radius 2 is 1.97 bits per heavy atom. The molecule has 0 amide bonds. The number of fused-ring (bicyclic) bond motifs is 5. The van der Waals surface area contributed by atoms with Crippen molar-refractivity contribution in [3.63, 3.8) is 0 Å². The lowest BCUT2D eigenvalue weighted by Crippen LogP contribution is -2.43. The smallest absolute Gasteiger partial charge is 0.306 e. The molecule has 0 spiro atoms. The minimum Gasteiger partial charge on any atom is -0.488 e. The van der Waals surface area contributed by atoms with Crippen LogP contribution in [0.2, 0.25) is 0 Å². The molecule has 180 valence electrons. The highest BCUT2D eigenvalue weighted by Crippen LogP contribution is 2.45. The van der Waals surface area contributed by atoms with E-state index in [-0.39, 0.29) is 19.4 Å². The molecule has 8 heteroatoms. The van der Waals surface area contributed by atoms with Gasteiger partial charge in [-0.1, -0.05) is 23.8 Å². The molecule has 1 aromatic carbocycles. The molecule has 0 saturated carbocycles. The number of aliphatic carboxylic acids is 1. The van der Waals surface area contributed by atoms with E-state index in [4.69, 9.17) is 14.6 Å². The van der Waals surface area contributed by atoms with Gasteiger partial charge in [0.15, 0.2) is 0 Å². The van der Waals surface area contributed by atoms with E-state index in [1.807, 2.05) is 37.1 Å². The highest BCUT2D eigenvalue weighted by molar-refractivity contribution is 6.46. The molecule has 0 radical (unpaired) electrons. The van der Waals surface area contributed by atoms with Crippen molar-refractivity contribution in [2.45, 2.75) is 45.6 Å². The van der Waals surface area contributed by atoms with Gasteiger partial charge in [0, 0.05) is 17.7 Å². The van der Waals surface area contributed by atoms with Crippen molar-refractivity contribution in [2.24, 2.45) is 5.92 Å². The summed E-state index contributed by atoms with van der Waals surface area (Å²) in [7, 11) is 1.83. The van der Waals surface area contributed by atoms with Gasteiger partial charge in [-0.2, -0.15) is 0 Å². The van der Waals surface area contributed by atoms with Crippen LogP contribution in [0.5, 0.6) is 0 Å². The maximum atomic E-state index is 13.2. The number of carboxylic acid groups (broad SMARTS) is 1. The van der Waals surface area contributed by atoms with Crippen molar-refractivity contribution in [2.75, 3.05) is 26.7 Å². The quantitative estimate of drug-likeness (QED) is 0.452. The molecule has 0 bridgehead atoms. The number of esters is 1. The standard InChI is InChI=1S/C26H29NO7/c1-14-5-4-6-17-16(14)7-8-18-23(17)25(32)24(31)22-15(2)19(34-26(18)22)13-27(3)11-12-33-21(30)10-9-20(28)29/h6-8,22,26H,4-5,9-13H2,1-3H3,(H,28,29)/t22?,26-/m1/s1. The van der Waals surface area contributed by atoms with Crippen LogP contribution in [0.4, 0.5) is 0 Å². The normalized spacial score (nSPS) is 21.0. The molecule has 0 fully saturated rings. The zero-order valence-electron chi connectivity index (χ0n) is 19.7. The predicted molar refractivity (Wildman–Crippen MR) is 123 cm³/mol. The van der Waals surface area contributed by atoms with Crippen molar-refractivity contribution in [1.82, 2.24) is 4.90 Å². The van der Waals surface area contributed by atoms with Crippen molar-refractivity contribution in [3.8, 4) is 0 Å². The van der Waals surface area contributed by atoms with Crippen LogP contribution in [0.25, 0.3) is 11.6 Å². The number of benzene rings is 1. The number of likely N-dealkylation sites (N-methyl/N-ethyl adjacent to an activating group) is 1. The van der Waals surface area contributed by atoms with Gasteiger partial charge in [0.1, 0.15) is 18.5 Å². The van der Waals surface area contributed by atoms with Gasteiger partial charge in [0.2, 0.25) is 11.6 Å². The van der Waals surface area contributed by atoms with Crippen molar-refractivity contribution < 1.29 is 33.8 Å². The molecule has 1 heterocycles. The molecule has 0 saturated heterocycles. The number of ether oxygens (including phenoxy) is 2. The number of carboxylic acids is 1. The van der Waals surface area contributed by atoms with E-state index in [1.165, 1.54) is 5.57 Å². The molecule has 8 nitrogen and oxygen atoms in total. The Hall–Kier alpha value is -3.26. The van der Waals surface area contributed by atoms with Crippen LogP contribution in [0.1, 0.15) is 61.6 Å². The van der Waals surface area contributed by atoms with Gasteiger partial charge in [0.05, 0.1) is 25.3 Å². The number of nitrogens with zero attached hydrogens (tertiary/aromatic N) is 1. The van der Waals surface area contributed by atoms with Crippen LogP contribution in [0.15, 0.2) is 23.5 Å². The molecule has 1 aliphatic heterocycles.